The highest BCUT2D eigenvalue weighted by Crippen LogP contribution is 2.30. The van der Waals surface area contributed by atoms with Gasteiger partial charge in [-0.05, 0) is 110 Å². The summed E-state index contributed by atoms with van der Waals surface area (Å²) < 4.78 is 44.6. The molecule has 14 aromatic rings. The summed E-state index contributed by atoms with van der Waals surface area (Å²) in [5.74, 6) is 1.04. The quantitative estimate of drug-likeness (QED) is 0.0200. The van der Waals surface area contributed by atoms with Crippen LogP contribution in [-0.4, -0.2) is 208 Å². The highest BCUT2D eigenvalue weighted by Gasteiger charge is 2.45. The second-order valence-electron chi connectivity index (χ2n) is 34.0. The van der Waals surface area contributed by atoms with Crippen LogP contribution >= 0.6 is 0 Å². The van der Waals surface area contributed by atoms with E-state index in [-0.39, 0.29) is 74.5 Å². The second kappa shape index (κ2) is 44.8. The summed E-state index contributed by atoms with van der Waals surface area (Å²) in [6.07, 6.45) is 14.9. The van der Waals surface area contributed by atoms with Gasteiger partial charge in [-0.25, -0.2) is 48.5 Å². The number of ether oxygens (including phenoxy) is 2. The van der Waals surface area contributed by atoms with Crippen LogP contribution in [0, 0.1) is 69.2 Å². The maximum Gasteiger partial charge on any atom is 0.331 e. The van der Waals surface area contributed by atoms with Gasteiger partial charge in [-0.2, -0.15) is 25.5 Å². The SMILES string of the molecule is COc1cccc(CNC(=O)CC2NC(=O)N(c3cnn(Cc4c(C)noc4C)c3)C2=O)c1.Cc1noc(C)c1Cn1cc(N2C(=O)CN(C)C2=O)cn1.Cc1noc(C)c1Cn1cc(N2C(=O)NC(CC(=O)NCc3ccccc3)C2=O)cn1.Cc1noc(C)c1Cn1cc(N2C(=O)NC(CC(=O)Nc3ccccc3)C2=O)cn1.Cc1noc(C)c1Cn1cc(N2C(=O)NC(COCc3ccccc3)C2=O)cn1. The molecule has 0 saturated carbocycles. The van der Waals surface area contributed by atoms with Crippen LogP contribution < -0.4 is 66.5 Å². The molecule has 15 heterocycles. The number of para-hydroxylation sites is 1. The molecule has 5 aliphatic heterocycles. The largest absolute Gasteiger partial charge is 0.497 e. The fourth-order valence-corrected chi connectivity index (χ4v) is 15.8. The zero-order chi connectivity index (χ0) is 102. The molecule has 5 fully saturated rings. The predicted octanol–water partition coefficient (Wildman–Crippen LogP) is 8.45. The lowest BCUT2D eigenvalue weighted by atomic mass is 10.1. The molecular formula is C96H102N28O20. The molecule has 0 bridgehead atoms. The molecule has 5 aliphatic rings. The number of urea groups is 5. The van der Waals surface area contributed by atoms with E-state index in [4.69, 9.17) is 32.1 Å². The molecule has 5 saturated heterocycles. The van der Waals surface area contributed by atoms with Crippen molar-refractivity contribution in [2.75, 3.05) is 57.1 Å². The molecule has 19 rings (SSSR count). The van der Waals surface area contributed by atoms with Gasteiger partial charge >= 0.3 is 30.2 Å². The lowest BCUT2D eigenvalue weighted by Crippen LogP contribution is -2.36. The molecule has 18 amide bonds. The van der Waals surface area contributed by atoms with E-state index in [2.05, 4.69) is 88.5 Å². The van der Waals surface area contributed by atoms with Crippen molar-refractivity contribution in [3.05, 3.63) is 279 Å². The Kier molecular flexibility index (Phi) is 31.2. The Labute approximate surface area is 820 Å². The molecule has 48 heteroatoms. The molecule has 746 valence electrons. The minimum Gasteiger partial charge on any atom is -0.497 e. The topological polar surface area (TPSA) is 563 Å². The van der Waals surface area contributed by atoms with E-state index < -0.39 is 66.0 Å². The summed E-state index contributed by atoms with van der Waals surface area (Å²) >= 11 is 0. The van der Waals surface area contributed by atoms with Crippen molar-refractivity contribution in [1.82, 2.24) is 111 Å². The van der Waals surface area contributed by atoms with Gasteiger partial charge in [-0.15, -0.1) is 0 Å². The van der Waals surface area contributed by atoms with Crippen LogP contribution in [0.5, 0.6) is 5.75 Å². The zero-order valence-electron chi connectivity index (χ0n) is 80.3. The molecule has 48 nitrogen and oxygen atoms in total. The van der Waals surface area contributed by atoms with Crippen LogP contribution in [0.15, 0.2) is 200 Å². The monoisotopic (exact) mass is 1970 g/mol. The number of aromatic nitrogens is 15. The first-order valence-corrected chi connectivity index (χ1v) is 45.2. The van der Waals surface area contributed by atoms with Gasteiger partial charge in [0.1, 0.15) is 65.3 Å². The minimum atomic E-state index is -0.950. The molecule has 7 N–H and O–H groups in total. The first-order chi connectivity index (χ1) is 69.2. The maximum absolute atomic E-state index is 12.8. The summed E-state index contributed by atoms with van der Waals surface area (Å²) in [4.78, 5) is 168. The van der Waals surface area contributed by atoms with Gasteiger partial charge in [-0.1, -0.05) is 117 Å². The molecule has 0 radical (unpaired) electrons. The van der Waals surface area contributed by atoms with E-state index in [0.717, 1.165) is 103 Å². The Balaban J connectivity index is 0.000000136. The Hall–Kier alpha value is -18.1. The third kappa shape index (κ3) is 23.9. The highest BCUT2D eigenvalue weighted by molar-refractivity contribution is 6.25. The van der Waals surface area contributed by atoms with E-state index >= 15 is 0 Å². The van der Waals surface area contributed by atoms with Crippen LogP contribution in [0.4, 0.5) is 58.1 Å². The minimum absolute atomic E-state index is 0.0912. The number of carbonyl (C=O) groups excluding carboxylic acids is 13. The number of benzene rings is 4. The summed E-state index contributed by atoms with van der Waals surface area (Å²) in [6.45, 7) is 21.6. The van der Waals surface area contributed by atoms with E-state index in [1.165, 1.54) is 35.9 Å². The molecule has 144 heavy (non-hydrogen) atoms. The number of hydrogen-bond acceptors (Lipinski definition) is 30. The average molecular weight is 1970 g/mol. The first-order valence-electron chi connectivity index (χ1n) is 45.2. The number of nitrogens with one attached hydrogen (secondary N) is 7. The molecular weight excluding hydrogens is 1870 g/mol. The number of nitrogens with zero attached hydrogens (tertiary/aromatic N) is 21. The van der Waals surface area contributed by atoms with E-state index in [1.54, 1.807) is 99.7 Å². The van der Waals surface area contributed by atoms with Crippen LogP contribution in [0.25, 0.3) is 0 Å². The van der Waals surface area contributed by atoms with Crippen LogP contribution in [0.1, 0.15) is 121 Å². The standard InChI is InChI=1S/C22H24N6O5.C21H22N6O4.C20H20N6O4.C20H21N5O4.C13H15N5O3/c1-13-18(14(2)33-26-13)12-27-11-16(10-24-27)28-21(30)19(25-22(28)31)8-20(29)23-9-15-5-4-6-17(7-15)32-3;1-13-17(14(2)31-25-13)12-26-11-16(10-23-26)27-20(29)18(24-21(27)30)8-19(28)22-9-15-6-4-3-5-7-15;1-12-16(13(2)30-24-12)11-25-10-15(9-21-25)26-19(28)17(23-20(26)29)8-18(27)22-14-6-4-3-5-7-14;1-13-17(14(2)29-23-13)10-24-9-16(8-21-24)25-19(26)18(22-20(25)27)12-28-11-15-6-4-3-5-7-15;1-8-11(9(2)21-15-8)6-17-5-10(4-14-17)18-12(19)7-16(3)13(18)20/h4-7,10-11,19H,8-9,12H2,1-3H3,(H,23,29)(H,25,31);3-7,10-11,18H,8-9,12H2,1-2H3,(H,22,28)(H,24,30);3-7,9-10,17H,8,11H2,1-2H3,(H,22,27)(H,23,29);3-9,18H,10-12H2,1-2H3,(H,22,27);4-5H,6-7H2,1-3H3. The van der Waals surface area contributed by atoms with Gasteiger partial charge < -0.3 is 74.2 Å². The van der Waals surface area contributed by atoms with Crippen LogP contribution in [0.3, 0.4) is 0 Å². The molecule has 4 unspecified atom stereocenters. The third-order valence-corrected chi connectivity index (χ3v) is 23.7. The first kappa shape index (κ1) is 100. The number of methoxy groups -OCH3 is 1. The lowest BCUT2D eigenvalue weighted by Gasteiger charge is -2.11. The van der Waals surface area contributed by atoms with E-state index in [1.807, 2.05) is 153 Å². The van der Waals surface area contributed by atoms with E-state index in [9.17, 15) is 62.3 Å². The predicted molar refractivity (Wildman–Crippen MR) is 509 cm³/mol. The molecule has 0 aliphatic carbocycles. The van der Waals surface area contributed by atoms with Gasteiger partial charge in [0.25, 0.3) is 29.5 Å². The number of carbonyl (C=O) groups is 13. The van der Waals surface area contributed by atoms with Gasteiger partial charge in [0.2, 0.25) is 17.7 Å². The summed E-state index contributed by atoms with van der Waals surface area (Å²) in [5, 5.41) is 59.3. The average Bonchev–Trinajstić information content (AvgIpc) is 1.66. The molecule has 0 spiro atoms. The number of imide groups is 5. The fourth-order valence-electron chi connectivity index (χ4n) is 15.8. The molecule has 4 atom stereocenters. The third-order valence-electron chi connectivity index (χ3n) is 23.7. The van der Waals surface area contributed by atoms with Crippen LogP contribution in [0.2, 0.25) is 0 Å². The summed E-state index contributed by atoms with van der Waals surface area (Å²) in [7, 11) is 3.16. The lowest BCUT2D eigenvalue weighted by molar-refractivity contribution is -0.125. The Morgan fingerprint density at radius 3 is 1.01 bits per heavy atom. The van der Waals surface area contributed by atoms with Crippen LogP contribution in [-0.2, 0) is 95.5 Å². The number of rotatable bonds is 31. The van der Waals surface area contributed by atoms with Gasteiger partial charge in [0.05, 0.1) is 160 Å². The number of hydrogen-bond donors (Lipinski definition) is 7. The van der Waals surface area contributed by atoms with Crippen molar-refractivity contribution in [3.8, 4) is 5.75 Å². The van der Waals surface area contributed by atoms with Crippen molar-refractivity contribution < 1.29 is 94.4 Å². The van der Waals surface area contributed by atoms with Crippen molar-refractivity contribution in [3.63, 3.8) is 0 Å². The normalized spacial score (nSPS) is 15.9. The van der Waals surface area contributed by atoms with Gasteiger partial charge in [0.15, 0.2) is 0 Å². The Morgan fingerprint density at radius 2 is 0.681 bits per heavy atom. The fraction of sp³-hybridized carbons (Fsp3) is 0.302. The summed E-state index contributed by atoms with van der Waals surface area (Å²) in [5.41, 5.74) is 13.7. The van der Waals surface area contributed by atoms with Crippen molar-refractivity contribution >= 4 is 112 Å². The van der Waals surface area contributed by atoms with Gasteiger partial charge in [-0.3, -0.25) is 61.8 Å². The smallest absolute Gasteiger partial charge is 0.331 e. The zero-order valence-corrected chi connectivity index (χ0v) is 80.3. The van der Waals surface area contributed by atoms with Gasteiger partial charge in [0, 0.05) is 84.6 Å². The Morgan fingerprint density at radius 1 is 0.375 bits per heavy atom. The maximum atomic E-state index is 12.8. The number of amides is 18. The molecule has 4 aromatic carbocycles. The van der Waals surface area contributed by atoms with E-state index in [0.29, 0.717) is 109 Å². The van der Waals surface area contributed by atoms with Crippen molar-refractivity contribution in [2.24, 2.45) is 0 Å². The van der Waals surface area contributed by atoms with Crippen molar-refractivity contribution in [1.29, 1.82) is 0 Å². The number of likely N-dealkylation sites (N-methyl/N-ethyl adjacent to an activating group) is 1. The Bertz CT molecular complexity index is 6980. The highest BCUT2D eigenvalue weighted by atomic mass is 16.5. The number of anilines is 6. The van der Waals surface area contributed by atoms with Crippen molar-refractivity contribution in [2.45, 2.75) is 165 Å². The summed E-state index contributed by atoms with van der Waals surface area (Å²) in [6, 6.07) is 29.2. The molecule has 10 aromatic heterocycles. The second-order valence-corrected chi connectivity index (χ2v) is 34.0. The number of aryl methyl sites for hydroxylation is 10.